The molecule has 2 fully saturated rings. The van der Waals surface area contributed by atoms with Crippen molar-refractivity contribution in [2.24, 2.45) is 17.8 Å². The summed E-state index contributed by atoms with van der Waals surface area (Å²) in [6, 6.07) is 0.699. The molecular formula is C21H41NO2. The zero-order chi connectivity index (χ0) is 17.9. The van der Waals surface area contributed by atoms with Crippen LogP contribution in [0.2, 0.25) is 0 Å². The lowest BCUT2D eigenvalue weighted by atomic mass is 9.77. The minimum atomic E-state index is 0.00778. The van der Waals surface area contributed by atoms with Crippen LogP contribution in [0.3, 0.4) is 0 Å². The van der Waals surface area contributed by atoms with Crippen LogP contribution in [0.25, 0.3) is 0 Å². The molecule has 1 saturated carbocycles. The molecule has 142 valence electrons. The van der Waals surface area contributed by atoms with Gasteiger partial charge in [0.05, 0.1) is 17.8 Å². The highest BCUT2D eigenvalue weighted by Gasteiger charge is 2.37. The van der Waals surface area contributed by atoms with Gasteiger partial charge in [-0.25, -0.2) is 0 Å². The van der Waals surface area contributed by atoms with E-state index in [4.69, 9.17) is 9.47 Å². The SMILES string of the molecule is CC(C)OCCC1CCN(C[C@H]2C[C@H](OC(C)(C)C)C2)C(C)C1C. The van der Waals surface area contributed by atoms with Crippen molar-refractivity contribution in [3.05, 3.63) is 0 Å². The van der Waals surface area contributed by atoms with E-state index in [0.29, 0.717) is 18.2 Å². The molecule has 1 aliphatic heterocycles. The van der Waals surface area contributed by atoms with Crippen LogP contribution in [0.4, 0.5) is 0 Å². The van der Waals surface area contributed by atoms with Crippen molar-refractivity contribution >= 4 is 0 Å². The molecule has 3 atom stereocenters. The smallest absolute Gasteiger partial charge is 0.0602 e. The van der Waals surface area contributed by atoms with Gasteiger partial charge in [-0.3, -0.25) is 0 Å². The molecule has 1 heterocycles. The first-order chi connectivity index (χ1) is 11.2. The molecule has 24 heavy (non-hydrogen) atoms. The number of nitrogens with zero attached hydrogens (tertiary/aromatic N) is 1. The number of piperidine rings is 1. The Hall–Kier alpha value is -0.120. The maximum absolute atomic E-state index is 6.09. The van der Waals surface area contributed by atoms with Crippen molar-refractivity contribution in [1.82, 2.24) is 4.90 Å². The second-order valence-corrected chi connectivity index (χ2v) is 9.54. The predicted octanol–water partition coefficient (Wildman–Crippen LogP) is 4.74. The van der Waals surface area contributed by atoms with Crippen molar-refractivity contribution in [3.63, 3.8) is 0 Å². The normalized spacial score (nSPS) is 35.2. The van der Waals surface area contributed by atoms with Crippen molar-refractivity contribution in [2.45, 2.75) is 98.0 Å². The molecule has 3 unspecified atom stereocenters. The highest BCUT2D eigenvalue weighted by atomic mass is 16.5. The summed E-state index contributed by atoms with van der Waals surface area (Å²) < 4.78 is 11.9. The minimum absolute atomic E-state index is 0.00778. The van der Waals surface area contributed by atoms with Gasteiger partial charge in [-0.1, -0.05) is 6.92 Å². The second-order valence-electron chi connectivity index (χ2n) is 9.54. The van der Waals surface area contributed by atoms with Crippen LogP contribution in [0.15, 0.2) is 0 Å². The van der Waals surface area contributed by atoms with E-state index in [2.05, 4.69) is 53.4 Å². The lowest BCUT2D eigenvalue weighted by molar-refractivity contribution is -0.118. The third-order valence-electron chi connectivity index (χ3n) is 6.01. The van der Waals surface area contributed by atoms with Gasteiger partial charge in [0.25, 0.3) is 0 Å². The van der Waals surface area contributed by atoms with E-state index < -0.39 is 0 Å². The molecule has 0 aromatic rings. The summed E-state index contributed by atoms with van der Waals surface area (Å²) >= 11 is 0. The summed E-state index contributed by atoms with van der Waals surface area (Å²) in [6.07, 6.45) is 5.92. The summed E-state index contributed by atoms with van der Waals surface area (Å²) in [7, 11) is 0. The highest BCUT2D eigenvalue weighted by molar-refractivity contribution is 4.90. The predicted molar refractivity (Wildman–Crippen MR) is 101 cm³/mol. The Morgan fingerprint density at radius 1 is 1.12 bits per heavy atom. The zero-order valence-corrected chi connectivity index (χ0v) is 17.2. The van der Waals surface area contributed by atoms with Crippen LogP contribution in [0.1, 0.15) is 74.1 Å². The standard InChI is InChI=1S/C21H41NO2/c1-15(2)23-11-9-19-8-10-22(17(4)16(19)3)14-18-12-20(13-18)24-21(5,6)7/h15-20H,8-14H2,1-7H3/t16?,17?,18-,19?,20-. The fraction of sp³-hybridized carbons (Fsp3) is 1.00. The maximum Gasteiger partial charge on any atom is 0.0602 e. The van der Waals surface area contributed by atoms with Gasteiger partial charge >= 0.3 is 0 Å². The van der Waals surface area contributed by atoms with E-state index in [9.17, 15) is 0 Å². The summed E-state index contributed by atoms with van der Waals surface area (Å²) in [5.41, 5.74) is 0.00778. The molecule has 3 heteroatoms. The Labute approximate surface area is 150 Å². The molecule has 1 saturated heterocycles. The van der Waals surface area contributed by atoms with Crippen molar-refractivity contribution in [3.8, 4) is 0 Å². The average molecular weight is 340 g/mol. The number of likely N-dealkylation sites (tertiary alicyclic amines) is 1. The molecule has 1 aliphatic carbocycles. The molecule has 0 radical (unpaired) electrons. The molecule has 0 bridgehead atoms. The van der Waals surface area contributed by atoms with Crippen LogP contribution >= 0.6 is 0 Å². The van der Waals surface area contributed by atoms with E-state index >= 15 is 0 Å². The van der Waals surface area contributed by atoms with Crippen LogP contribution in [0, 0.1) is 17.8 Å². The Kier molecular flexibility index (Phi) is 7.16. The quantitative estimate of drug-likeness (QED) is 0.668. The van der Waals surface area contributed by atoms with E-state index in [1.165, 1.54) is 38.8 Å². The molecule has 3 nitrogen and oxygen atoms in total. The van der Waals surface area contributed by atoms with Crippen molar-refractivity contribution in [1.29, 1.82) is 0 Å². The van der Waals surface area contributed by atoms with Crippen molar-refractivity contribution < 1.29 is 9.47 Å². The topological polar surface area (TPSA) is 21.7 Å². The second kappa shape index (κ2) is 8.51. The first-order valence-electron chi connectivity index (χ1n) is 10.2. The summed E-state index contributed by atoms with van der Waals surface area (Å²) in [4.78, 5) is 2.74. The molecule has 0 N–H and O–H groups in total. The lowest BCUT2D eigenvalue weighted by Gasteiger charge is -2.47. The Morgan fingerprint density at radius 3 is 2.38 bits per heavy atom. The molecule has 0 aromatic heterocycles. The van der Waals surface area contributed by atoms with Crippen molar-refractivity contribution in [2.75, 3.05) is 19.7 Å². The van der Waals surface area contributed by atoms with Gasteiger partial charge in [-0.15, -0.1) is 0 Å². The molecule has 0 aromatic carbocycles. The monoisotopic (exact) mass is 339 g/mol. The molecule has 0 amide bonds. The van der Waals surface area contributed by atoms with Gasteiger partial charge in [-0.05, 0) is 91.5 Å². The zero-order valence-electron chi connectivity index (χ0n) is 17.2. The number of rotatable bonds is 7. The molecule has 2 aliphatic rings. The van der Waals surface area contributed by atoms with Gasteiger partial charge in [0.15, 0.2) is 0 Å². The van der Waals surface area contributed by atoms with Crippen LogP contribution in [-0.4, -0.2) is 48.4 Å². The Balaban J connectivity index is 1.69. The summed E-state index contributed by atoms with van der Waals surface area (Å²) in [5, 5.41) is 0. The fourth-order valence-corrected chi connectivity index (χ4v) is 4.40. The fourth-order valence-electron chi connectivity index (χ4n) is 4.40. The van der Waals surface area contributed by atoms with E-state index in [0.717, 1.165) is 24.4 Å². The minimum Gasteiger partial charge on any atom is -0.379 e. The van der Waals surface area contributed by atoms with Crippen LogP contribution in [0.5, 0.6) is 0 Å². The third-order valence-corrected chi connectivity index (χ3v) is 6.01. The molecular weight excluding hydrogens is 298 g/mol. The number of ether oxygens (including phenoxy) is 2. The first kappa shape index (κ1) is 20.2. The van der Waals surface area contributed by atoms with E-state index in [1.54, 1.807) is 0 Å². The van der Waals surface area contributed by atoms with E-state index in [-0.39, 0.29) is 5.60 Å². The number of hydrogen-bond acceptors (Lipinski definition) is 3. The molecule has 2 rings (SSSR count). The van der Waals surface area contributed by atoms with Crippen LogP contribution in [-0.2, 0) is 9.47 Å². The molecule has 0 spiro atoms. The maximum atomic E-state index is 6.09. The van der Waals surface area contributed by atoms with Gasteiger partial charge < -0.3 is 14.4 Å². The van der Waals surface area contributed by atoms with Gasteiger partial charge in [0.2, 0.25) is 0 Å². The van der Waals surface area contributed by atoms with E-state index in [1.807, 2.05) is 0 Å². The van der Waals surface area contributed by atoms with Crippen LogP contribution < -0.4 is 0 Å². The lowest BCUT2D eigenvalue weighted by Crippen LogP contribution is -2.51. The van der Waals surface area contributed by atoms with Gasteiger partial charge in [-0.2, -0.15) is 0 Å². The Morgan fingerprint density at radius 2 is 1.79 bits per heavy atom. The Bertz CT molecular complexity index is 371. The first-order valence-corrected chi connectivity index (χ1v) is 10.2. The highest BCUT2D eigenvalue weighted by Crippen LogP contribution is 2.37. The third kappa shape index (κ3) is 6.00. The number of hydrogen-bond donors (Lipinski definition) is 0. The van der Waals surface area contributed by atoms with Gasteiger partial charge in [0, 0.05) is 19.2 Å². The van der Waals surface area contributed by atoms with Gasteiger partial charge in [0.1, 0.15) is 0 Å². The summed E-state index contributed by atoms with van der Waals surface area (Å²) in [6.45, 7) is 19.1. The average Bonchev–Trinajstić information content (AvgIpc) is 2.42. The summed E-state index contributed by atoms with van der Waals surface area (Å²) in [5.74, 6) is 2.44. The largest absolute Gasteiger partial charge is 0.379 e.